The average molecular weight is 391 g/mol. The van der Waals surface area contributed by atoms with Gasteiger partial charge in [0.05, 0.1) is 16.4 Å². The van der Waals surface area contributed by atoms with E-state index in [1.54, 1.807) is 0 Å². The molecule has 2 unspecified atom stereocenters. The van der Waals surface area contributed by atoms with Crippen LogP contribution in [-0.4, -0.2) is 9.55 Å². The van der Waals surface area contributed by atoms with E-state index in [1.807, 2.05) is 6.92 Å². The summed E-state index contributed by atoms with van der Waals surface area (Å²) < 4.78 is 3.52. The molecule has 0 fully saturated rings. The number of alkyl halides is 1. The van der Waals surface area contributed by atoms with Crippen molar-refractivity contribution in [3.8, 4) is 0 Å². The Labute approximate surface area is 133 Å². The first-order valence-corrected chi connectivity index (χ1v) is 8.23. The van der Waals surface area contributed by atoms with Gasteiger partial charge in [-0.3, -0.25) is 0 Å². The maximum absolute atomic E-state index is 6.31. The van der Waals surface area contributed by atoms with Crippen LogP contribution in [0, 0.1) is 9.49 Å². The van der Waals surface area contributed by atoms with Gasteiger partial charge in [-0.1, -0.05) is 13.8 Å². The van der Waals surface area contributed by atoms with Crippen LogP contribution in [0.3, 0.4) is 0 Å². The standard InChI is InChI=1S/C15H20ClIN2/c1-9(2)7-10(3)19-14-6-5-12(17)8-13(14)18-15(19)11(4)16/h5-6,8-11H,7H2,1-4H3. The molecule has 4 heteroatoms. The second-order valence-corrected chi connectivity index (χ2v) is 7.47. The van der Waals surface area contributed by atoms with E-state index in [-0.39, 0.29) is 5.38 Å². The predicted octanol–water partition coefficient (Wildman–Crippen LogP) is 5.55. The molecular formula is C15H20ClIN2. The molecule has 0 radical (unpaired) electrons. The third kappa shape index (κ3) is 3.24. The van der Waals surface area contributed by atoms with Crippen LogP contribution in [0.2, 0.25) is 0 Å². The molecule has 0 saturated heterocycles. The molecule has 0 aliphatic carbocycles. The van der Waals surface area contributed by atoms with Crippen LogP contribution in [0.15, 0.2) is 18.2 Å². The molecule has 1 heterocycles. The Bertz CT molecular complexity index is 575. The van der Waals surface area contributed by atoms with Gasteiger partial charge in [0.2, 0.25) is 0 Å². The predicted molar refractivity (Wildman–Crippen MR) is 90.9 cm³/mol. The first-order valence-electron chi connectivity index (χ1n) is 6.71. The van der Waals surface area contributed by atoms with Crippen molar-refractivity contribution in [3.63, 3.8) is 0 Å². The summed E-state index contributed by atoms with van der Waals surface area (Å²) in [5, 5.41) is -0.0697. The molecule has 2 nitrogen and oxygen atoms in total. The fourth-order valence-electron chi connectivity index (χ4n) is 2.62. The number of imidazole rings is 1. The first kappa shape index (κ1) is 15.1. The van der Waals surface area contributed by atoms with E-state index >= 15 is 0 Å². The number of benzene rings is 1. The van der Waals surface area contributed by atoms with Crippen molar-refractivity contribution >= 4 is 45.2 Å². The lowest BCUT2D eigenvalue weighted by Gasteiger charge is -2.20. The van der Waals surface area contributed by atoms with Gasteiger partial charge >= 0.3 is 0 Å². The van der Waals surface area contributed by atoms with E-state index < -0.39 is 0 Å². The van der Waals surface area contributed by atoms with E-state index in [4.69, 9.17) is 16.6 Å². The zero-order valence-electron chi connectivity index (χ0n) is 11.8. The van der Waals surface area contributed by atoms with E-state index in [0.29, 0.717) is 12.0 Å². The molecule has 1 aromatic carbocycles. The Morgan fingerprint density at radius 2 is 1.95 bits per heavy atom. The number of nitrogens with zero attached hydrogens (tertiary/aromatic N) is 2. The van der Waals surface area contributed by atoms with Crippen LogP contribution in [0.1, 0.15) is 51.4 Å². The van der Waals surface area contributed by atoms with E-state index in [1.165, 1.54) is 9.09 Å². The summed E-state index contributed by atoms with van der Waals surface area (Å²) >= 11 is 8.64. The van der Waals surface area contributed by atoms with Crippen molar-refractivity contribution in [2.45, 2.75) is 45.5 Å². The molecule has 104 valence electrons. The van der Waals surface area contributed by atoms with Crippen molar-refractivity contribution in [3.05, 3.63) is 27.6 Å². The Kier molecular flexibility index (Phi) is 4.77. The van der Waals surface area contributed by atoms with Gasteiger partial charge in [-0.2, -0.15) is 0 Å². The van der Waals surface area contributed by atoms with Crippen LogP contribution in [-0.2, 0) is 0 Å². The Morgan fingerprint density at radius 3 is 2.53 bits per heavy atom. The largest absolute Gasteiger partial charge is 0.324 e. The van der Waals surface area contributed by atoms with Gasteiger partial charge < -0.3 is 4.57 Å². The second kappa shape index (κ2) is 6.00. The minimum atomic E-state index is -0.0697. The summed E-state index contributed by atoms with van der Waals surface area (Å²) in [5.74, 6) is 1.64. The normalized spacial score (nSPS) is 15.1. The van der Waals surface area contributed by atoms with Crippen molar-refractivity contribution in [1.29, 1.82) is 0 Å². The molecule has 1 aromatic heterocycles. The SMILES string of the molecule is CC(C)CC(C)n1c(C(C)Cl)nc2cc(I)ccc21. The number of halogens is 2. The summed E-state index contributed by atoms with van der Waals surface area (Å²) in [6, 6.07) is 6.83. The average Bonchev–Trinajstić information content (AvgIpc) is 2.66. The molecule has 0 bridgehead atoms. The van der Waals surface area contributed by atoms with Gasteiger partial charge in [0.15, 0.2) is 0 Å². The lowest BCUT2D eigenvalue weighted by molar-refractivity contribution is 0.425. The number of hydrogen-bond donors (Lipinski definition) is 0. The Morgan fingerprint density at radius 1 is 1.26 bits per heavy atom. The molecule has 19 heavy (non-hydrogen) atoms. The van der Waals surface area contributed by atoms with Gasteiger partial charge in [0.25, 0.3) is 0 Å². The molecule has 2 aromatic rings. The minimum absolute atomic E-state index is 0.0697. The van der Waals surface area contributed by atoms with Crippen molar-refractivity contribution < 1.29 is 0 Å². The third-order valence-electron chi connectivity index (χ3n) is 3.29. The van der Waals surface area contributed by atoms with Crippen LogP contribution in [0.25, 0.3) is 11.0 Å². The highest BCUT2D eigenvalue weighted by Gasteiger charge is 2.19. The lowest BCUT2D eigenvalue weighted by atomic mass is 10.0. The zero-order chi connectivity index (χ0) is 14.2. The van der Waals surface area contributed by atoms with Crippen LogP contribution in [0.4, 0.5) is 0 Å². The summed E-state index contributed by atoms with van der Waals surface area (Å²) in [6.45, 7) is 8.75. The number of hydrogen-bond acceptors (Lipinski definition) is 1. The first-order chi connectivity index (χ1) is 8.90. The second-order valence-electron chi connectivity index (χ2n) is 5.57. The number of aromatic nitrogens is 2. The summed E-state index contributed by atoms with van der Waals surface area (Å²) in [4.78, 5) is 4.73. The molecule has 0 saturated carbocycles. The molecule has 0 aliphatic rings. The van der Waals surface area contributed by atoms with Crippen molar-refractivity contribution in [2.75, 3.05) is 0 Å². The van der Waals surface area contributed by atoms with E-state index in [2.05, 4.69) is 66.1 Å². The molecule has 2 atom stereocenters. The molecule has 0 N–H and O–H groups in total. The molecule has 0 aliphatic heterocycles. The van der Waals surface area contributed by atoms with Crippen LogP contribution < -0.4 is 0 Å². The maximum atomic E-state index is 6.31. The van der Waals surface area contributed by atoms with Crippen molar-refractivity contribution in [2.24, 2.45) is 5.92 Å². The van der Waals surface area contributed by atoms with Crippen LogP contribution >= 0.6 is 34.2 Å². The smallest absolute Gasteiger partial charge is 0.127 e. The number of fused-ring (bicyclic) bond motifs is 1. The lowest BCUT2D eigenvalue weighted by Crippen LogP contribution is -2.12. The Balaban J connectivity index is 2.58. The van der Waals surface area contributed by atoms with E-state index in [9.17, 15) is 0 Å². The highest BCUT2D eigenvalue weighted by atomic mass is 127. The highest BCUT2D eigenvalue weighted by molar-refractivity contribution is 14.1. The molecule has 2 rings (SSSR count). The monoisotopic (exact) mass is 390 g/mol. The Hall–Kier alpha value is -0.290. The van der Waals surface area contributed by atoms with Crippen LogP contribution in [0.5, 0.6) is 0 Å². The zero-order valence-corrected chi connectivity index (χ0v) is 14.7. The van der Waals surface area contributed by atoms with Gasteiger partial charge in [-0.05, 0) is 67.0 Å². The highest BCUT2D eigenvalue weighted by Crippen LogP contribution is 2.31. The molecular weight excluding hydrogens is 371 g/mol. The summed E-state index contributed by atoms with van der Waals surface area (Å²) in [6.07, 6.45) is 1.13. The van der Waals surface area contributed by atoms with E-state index in [0.717, 1.165) is 17.8 Å². The molecule has 0 amide bonds. The maximum Gasteiger partial charge on any atom is 0.127 e. The van der Waals surface area contributed by atoms with Gasteiger partial charge in [0, 0.05) is 9.61 Å². The quantitative estimate of drug-likeness (QED) is 0.494. The summed E-state index contributed by atoms with van der Waals surface area (Å²) in [7, 11) is 0. The third-order valence-corrected chi connectivity index (χ3v) is 4.15. The van der Waals surface area contributed by atoms with Gasteiger partial charge in [0.1, 0.15) is 5.82 Å². The summed E-state index contributed by atoms with van der Waals surface area (Å²) in [5.41, 5.74) is 2.24. The van der Waals surface area contributed by atoms with Gasteiger partial charge in [-0.15, -0.1) is 11.6 Å². The number of rotatable bonds is 4. The fourth-order valence-corrected chi connectivity index (χ4v) is 3.25. The van der Waals surface area contributed by atoms with Crippen molar-refractivity contribution in [1.82, 2.24) is 9.55 Å². The minimum Gasteiger partial charge on any atom is -0.324 e. The molecule has 0 spiro atoms. The topological polar surface area (TPSA) is 17.8 Å². The fraction of sp³-hybridized carbons (Fsp3) is 0.533. The van der Waals surface area contributed by atoms with Gasteiger partial charge in [-0.25, -0.2) is 4.98 Å².